The van der Waals surface area contributed by atoms with Crippen molar-refractivity contribution in [3.63, 3.8) is 0 Å². The normalized spacial score (nSPS) is 18.8. The van der Waals surface area contributed by atoms with Gasteiger partial charge in [0.1, 0.15) is 11.1 Å². The summed E-state index contributed by atoms with van der Waals surface area (Å²) >= 11 is 1.33. The van der Waals surface area contributed by atoms with E-state index in [0.29, 0.717) is 33.8 Å². The van der Waals surface area contributed by atoms with E-state index in [9.17, 15) is 10.1 Å². The van der Waals surface area contributed by atoms with Crippen LogP contribution in [0.25, 0.3) is 10.9 Å². The minimum Gasteiger partial charge on any atom is -0.454 e. The number of nitrogens with zero attached hydrogens (tertiary/aromatic N) is 3. The zero-order valence-corrected chi connectivity index (χ0v) is 15.3. The van der Waals surface area contributed by atoms with Gasteiger partial charge in [0, 0.05) is 24.5 Å². The summed E-state index contributed by atoms with van der Waals surface area (Å²) in [5.74, 6) is 2.28. The summed E-state index contributed by atoms with van der Waals surface area (Å²) in [5.41, 5.74) is 1.20. The van der Waals surface area contributed by atoms with Crippen molar-refractivity contribution in [2.24, 2.45) is 5.92 Å². The molecule has 6 nitrogen and oxygen atoms in total. The summed E-state index contributed by atoms with van der Waals surface area (Å²) in [6.07, 6.45) is 2.24. The molecule has 7 heteroatoms. The first kappa shape index (κ1) is 17.0. The molecule has 1 amide bonds. The molecule has 1 fully saturated rings. The first-order valence-electron chi connectivity index (χ1n) is 8.69. The van der Waals surface area contributed by atoms with Gasteiger partial charge in [0.25, 0.3) is 0 Å². The Balaban J connectivity index is 1.54. The van der Waals surface area contributed by atoms with E-state index in [-0.39, 0.29) is 12.7 Å². The van der Waals surface area contributed by atoms with Crippen LogP contribution in [-0.4, -0.2) is 41.4 Å². The summed E-state index contributed by atoms with van der Waals surface area (Å²) in [7, 11) is 0. The van der Waals surface area contributed by atoms with Crippen molar-refractivity contribution in [3.05, 3.63) is 23.8 Å². The zero-order chi connectivity index (χ0) is 18.1. The molecule has 1 atom stereocenters. The minimum absolute atomic E-state index is 0.109. The number of piperidine rings is 1. The summed E-state index contributed by atoms with van der Waals surface area (Å²) in [6, 6.07) is 7.63. The zero-order valence-electron chi connectivity index (χ0n) is 14.5. The van der Waals surface area contributed by atoms with Gasteiger partial charge in [-0.2, -0.15) is 5.26 Å². The highest BCUT2D eigenvalue weighted by Gasteiger charge is 2.22. The van der Waals surface area contributed by atoms with Crippen LogP contribution in [0.3, 0.4) is 0 Å². The van der Waals surface area contributed by atoms with Gasteiger partial charge in [-0.1, -0.05) is 18.7 Å². The first-order chi connectivity index (χ1) is 12.6. The van der Waals surface area contributed by atoms with Crippen LogP contribution in [0.15, 0.2) is 23.2 Å². The second-order valence-electron chi connectivity index (χ2n) is 6.73. The summed E-state index contributed by atoms with van der Waals surface area (Å²) in [4.78, 5) is 19.0. The van der Waals surface area contributed by atoms with Crippen LogP contribution in [0.5, 0.6) is 11.5 Å². The number of nitriles is 1. The number of thioether (sulfide) groups is 1. The average molecular weight is 369 g/mol. The maximum atomic E-state index is 12.5. The number of hydrogen-bond donors (Lipinski definition) is 0. The summed E-state index contributed by atoms with van der Waals surface area (Å²) in [6.45, 7) is 4.01. The fourth-order valence-corrected chi connectivity index (χ4v) is 4.24. The quantitative estimate of drug-likeness (QED) is 0.774. The molecule has 134 valence electrons. The Morgan fingerprint density at radius 1 is 1.38 bits per heavy atom. The monoisotopic (exact) mass is 369 g/mol. The van der Waals surface area contributed by atoms with Crippen LogP contribution in [0.4, 0.5) is 0 Å². The van der Waals surface area contributed by atoms with Crippen molar-refractivity contribution in [3.8, 4) is 17.6 Å². The molecule has 4 rings (SSSR count). The molecule has 0 radical (unpaired) electrons. The fourth-order valence-electron chi connectivity index (χ4n) is 3.37. The highest BCUT2D eigenvalue weighted by molar-refractivity contribution is 8.00. The first-order valence-corrected chi connectivity index (χ1v) is 9.67. The number of amides is 1. The summed E-state index contributed by atoms with van der Waals surface area (Å²) in [5, 5.41) is 10.9. The van der Waals surface area contributed by atoms with Crippen molar-refractivity contribution >= 4 is 28.6 Å². The van der Waals surface area contributed by atoms with Crippen molar-refractivity contribution in [1.29, 1.82) is 5.26 Å². The van der Waals surface area contributed by atoms with Crippen molar-refractivity contribution in [2.75, 3.05) is 25.6 Å². The molecular formula is C19H19N3O3S. The standard InChI is InChI=1S/C19H19N3O3S/c1-12-3-2-4-22(9-12)18(23)10-26-19-14(8-20)5-13-6-16-17(25-11-24-16)7-15(13)21-19/h5-7,12H,2-4,9-11H2,1H3. The predicted octanol–water partition coefficient (Wildman–Crippen LogP) is 3.19. The number of carbonyl (C=O) groups is 1. The van der Waals surface area contributed by atoms with Gasteiger partial charge >= 0.3 is 0 Å². The molecule has 0 N–H and O–H groups in total. The molecule has 1 saturated heterocycles. The topological polar surface area (TPSA) is 75.5 Å². The number of pyridine rings is 1. The van der Waals surface area contributed by atoms with Gasteiger partial charge in [-0.3, -0.25) is 4.79 Å². The summed E-state index contributed by atoms with van der Waals surface area (Å²) < 4.78 is 10.8. The number of likely N-dealkylation sites (tertiary alicyclic amines) is 1. The van der Waals surface area contributed by atoms with Crippen LogP contribution in [-0.2, 0) is 4.79 Å². The largest absolute Gasteiger partial charge is 0.454 e. The second kappa shape index (κ2) is 7.04. The van der Waals surface area contributed by atoms with E-state index in [4.69, 9.17) is 9.47 Å². The van der Waals surface area contributed by atoms with E-state index in [1.807, 2.05) is 17.0 Å². The highest BCUT2D eigenvalue weighted by atomic mass is 32.2. The van der Waals surface area contributed by atoms with E-state index >= 15 is 0 Å². The van der Waals surface area contributed by atoms with E-state index in [2.05, 4.69) is 18.0 Å². The predicted molar refractivity (Wildman–Crippen MR) is 98.3 cm³/mol. The molecule has 0 saturated carbocycles. The van der Waals surface area contributed by atoms with Crippen LogP contribution < -0.4 is 9.47 Å². The number of aromatic nitrogens is 1. The Kier molecular flexibility index (Phi) is 4.60. The molecule has 0 spiro atoms. The molecule has 0 bridgehead atoms. The van der Waals surface area contributed by atoms with Crippen LogP contribution in [0, 0.1) is 17.2 Å². The lowest BCUT2D eigenvalue weighted by molar-refractivity contribution is -0.130. The third-order valence-electron chi connectivity index (χ3n) is 4.74. The lowest BCUT2D eigenvalue weighted by Gasteiger charge is -2.30. The van der Waals surface area contributed by atoms with Crippen LogP contribution >= 0.6 is 11.8 Å². The van der Waals surface area contributed by atoms with Gasteiger partial charge < -0.3 is 14.4 Å². The van der Waals surface area contributed by atoms with Crippen LogP contribution in [0.1, 0.15) is 25.3 Å². The highest BCUT2D eigenvalue weighted by Crippen LogP contribution is 2.37. The maximum absolute atomic E-state index is 12.5. The van der Waals surface area contributed by atoms with Crippen molar-refractivity contribution in [2.45, 2.75) is 24.8 Å². The number of benzene rings is 1. The number of ether oxygens (including phenoxy) is 2. The Morgan fingerprint density at radius 2 is 2.19 bits per heavy atom. The third-order valence-corrected chi connectivity index (χ3v) is 5.71. The molecule has 2 aliphatic heterocycles. The van der Waals surface area contributed by atoms with Gasteiger partial charge in [-0.15, -0.1) is 0 Å². The molecule has 2 aliphatic rings. The SMILES string of the molecule is CC1CCCN(C(=O)CSc2nc3cc4c(cc3cc2C#N)OCO4)C1. The Hall–Kier alpha value is -2.46. The number of carbonyl (C=O) groups excluding carboxylic acids is 1. The lowest BCUT2D eigenvalue weighted by atomic mass is 10.0. The van der Waals surface area contributed by atoms with Gasteiger partial charge in [0.05, 0.1) is 16.8 Å². The third kappa shape index (κ3) is 3.29. The average Bonchev–Trinajstić information content (AvgIpc) is 3.10. The van der Waals surface area contributed by atoms with E-state index in [1.54, 1.807) is 6.07 Å². The van der Waals surface area contributed by atoms with Crippen LogP contribution in [0.2, 0.25) is 0 Å². The second-order valence-corrected chi connectivity index (χ2v) is 7.69. The molecule has 26 heavy (non-hydrogen) atoms. The Morgan fingerprint density at radius 3 is 2.96 bits per heavy atom. The molecule has 1 aromatic carbocycles. The molecule has 1 aromatic heterocycles. The number of rotatable bonds is 3. The van der Waals surface area contributed by atoms with Crippen molar-refractivity contribution < 1.29 is 14.3 Å². The molecule has 0 aliphatic carbocycles. The lowest BCUT2D eigenvalue weighted by Crippen LogP contribution is -2.40. The smallest absolute Gasteiger partial charge is 0.232 e. The van der Waals surface area contributed by atoms with Gasteiger partial charge in [-0.05, 0) is 30.9 Å². The van der Waals surface area contributed by atoms with Gasteiger partial charge in [0.2, 0.25) is 12.7 Å². The Labute approximate surface area is 156 Å². The molecule has 2 aromatic rings. The number of fused-ring (bicyclic) bond motifs is 2. The van der Waals surface area contributed by atoms with E-state index in [0.717, 1.165) is 30.4 Å². The van der Waals surface area contributed by atoms with Crippen molar-refractivity contribution in [1.82, 2.24) is 9.88 Å². The fraction of sp³-hybridized carbons (Fsp3) is 0.421. The number of hydrogen-bond acceptors (Lipinski definition) is 6. The van der Waals surface area contributed by atoms with Gasteiger partial charge in [-0.25, -0.2) is 4.98 Å². The Bertz CT molecular complexity index is 909. The van der Waals surface area contributed by atoms with E-state index < -0.39 is 0 Å². The minimum atomic E-state index is 0.109. The molecular weight excluding hydrogens is 350 g/mol. The van der Waals surface area contributed by atoms with E-state index in [1.165, 1.54) is 18.2 Å². The molecule has 1 unspecified atom stereocenters. The van der Waals surface area contributed by atoms with Gasteiger partial charge in [0.15, 0.2) is 11.5 Å². The molecule has 3 heterocycles. The maximum Gasteiger partial charge on any atom is 0.232 e.